The molecule has 0 aliphatic carbocycles. The number of carbonyl (C=O) groups is 1. The van der Waals surface area contributed by atoms with Gasteiger partial charge in [-0.25, -0.2) is 4.98 Å². The van der Waals surface area contributed by atoms with Gasteiger partial charge in [0.15, 0.2) is 5.13 Å². The van der Waals surface area contributed by atoms with Gasteiger partial charge in [0, 0.05) is 5.38 Å². The second kappa shape index (κ2) is 5.15. The van der Waals surface area contributed by atoms with Crippen LogP contribution in [0.3, 0.4) is 0 Å². The number of nitrogens with one attached hydrogen (secondary N) is 1. The van der Waals surface area contributed by atoms with Crippen molar-refractivity contribution < 1.29 is 22.7 Å². The number of alkyl halides is 3. The van der Waals surface area contributed by atoms with E-state index in [0.29, 0.717) is 5.69 Å². The van der Waals surface area contributed by atoms with Crippen LogP contribution in [0.5, 0.6) is 0 Å². The van der Waals surface area contributed by atoms with E-state index in [1.807, 2.05) is 0 Å². The Labute approximate surface area is 93.4 Å². The monoisotopic (exact) mass is 254 g/mol. The number of anilines is 1. The van der Waals surface area contributed by atoms with Gasteiger partial charge in [-0.3, -0.25) is 4.79 Å². The second-order valence-corrected chi connectivity index (χ2v) is 3.72. The SMILES string of the molecule is COC(=O)Cc1csc(NCC(F)(F)F)n1. The average molecular weight is 254 g/mol. The molecule has 0 unspecified atom stereocenters. The molecule has 0 atom stereocenters. The van der Waals surface area contributed by atoms with E-state index in [2.05, 4.69) is 15.0 Å². The maximum Gasteiger partial charge on any atom is 0.405 e. The van der Waals surface area contributed by atoms with Gasteiger partial charge in [0.1, 0.15) is 6.54 Å². The van der Waals surface area contributed by atoms with Gasteiger partial charge in [0.05, 0.1) is 19.2 Å². The Kier molecular flexibility index (Phi) is 4.11. The van der Waals surface area contributed by atoms with Crippen molar-refractivity contribution in [3.63, 3.8) is 0 Å². The van der Waals surface area contributed by atoms with E-state index in [9.17, 15) is 18.0 Å². The lowest BCUT2D eigenvalue weighted by molar-refractivity contribution is -0.139. The Morgan fingerprint density at radius 2 is 2.31 bits per heavy atom. The zero-order chi connectivity index (χ0) is 12.2. The molecule has 1 N–H and O–H groups in total. The van der Waals surface area contributed by atoms with Crippen molar-refractivity contribution in [2.75, 3.05) is 19.0 Å². The molecule has 0 saturated carbocycles. The summed E-state index contributed by atoms with van der Waals surface area (Å²) in [6.07, 6.45) is -4.32. The molecule has 0 aliphatic heterocycles. The minimum atomic E-state index is -4.28. The minimum Gasteiger partial charge on any atom is -0.469 e. The van der Waals surface area contributed by atoms with Gasteiger partial charge in [-0.15, -0.1) is 11.3 Å². The van der Waals surface area contributed by atoms with E-state index in [0.717, 1.165) is 11.3 Å². The summed E-state index contributed by atoms with van der Waals surface area (Å²) in [5, 5.41) is 3.77. The topological polar surface area (TPSA) is 51.2 Å². The lowest BCUT2D eigenvalue weighted by atomic mass is 10.3. The van der Waals surface area contributed by atoms with Crippen LogP contribution < -0.4 is 5.32 Å². The van der Waals surface area contributed by atoms with E-state index < -0.39 is 18.7 Å². The summed E-state index contributed by atoms with van der Waals surface area (Å²) < 4.78 is 40.0. The van der Waals surface area contributed by atoms with Crippen LogP contribution in [0, 0.1) is 0 Å². The number of hydrogen-bond acceptors (Lipinski definition) is 5. The molecule has 90 valence electrons. The van der Waals surface area contributed by atoms with E-state index in [4.69, 9.17) is 0 Å². The first-order valence-corrected chi connectivity index (χ1v) is 5.10. The molecule has 16 heavy (non-hydrogen) atoms. The zero-order valence-electron chi connectivity index (χ0n) is 8.30. The predicted molar refractivity (Wildman–Crippen MR) is 52.4 cm³/mol. The molecule has 0 fully saturated rings. The zero-order valence-corrected chi connectivity index (χ0v) is 9.11. The molecule has 4 nitrogen and oxygen atoms in total. The van der Waals surface area contributed by atoms with Crippen molar-refractivity contribution in [1.82, 2.24) is 4.98 Å². The van der Waals surface area contributed by atoms with Gasteiger partial charge in [-0.2, -0.15) is 13.2 Å². The quantitative estimate of drug-likeness (QED) is 0.833. The van der Waals surface area contributed by atoms with Gasteiger partial charge in [-0.05, 0) is 0 Å². The molecule has 1 aromatic rings. The van der Waals surface area contributed by atoms with Crippen LogP contribution in [-0.4, -0.2) is 30.8 Å². The molecule has 8 heteroatoms. The molecule has 0 bridgehead atoms. The van der Waals surface area contributed by atoms with E-state index in [-0.39, 0.29) is 11.6 Å². The molecular weight excluding hydrogens is 245 g/mol. The van der Waals surface area contributed by atoms with E-state index in [1.54, 1.807) is 0 Å². The molecule has 0 amide bonds. The van der Waals surface area contributed by atoms with Gasteiger partial charge in [0.25, 0.3) is 0 Å². The van der Waals surface area contributed by atoms with Gasteiger partial charge in [0.2, 0.25) is 0 Å². The predicted octanol–water partition coefficient (Wildman–Crippen LogP) is 1.83. The first-order valence-electron chi connectivity index (χ1n) is 4.22. The van der Waals surface area contributed by atoms with Crippen molar-refractivity contribution in [2.45, 2.75) is 12.6 Å². The maximum atomic E-state index is 11.9. The molecule has 1 aromatic heterocycles. The summed E-state index contributed by atoms with van der Waals surface area (Å²) in [6, 6.07) is 0. The highest BCUT2D eigenvalue weighted by atomic mass is 32.1. The number of esters is 1. The van der Waals surface area contributed by atoms with Crippen LogP contribution >= 0.6 is 11.3 Å². The number of hydrogen-bond donors (Lipinski definition) is 1. The Bertz CT molecular complexity index is 364. The van der Waals surface area contributed by atoms with Crippen molar-refractivity contribution >= 4 is 22.4 Å². The Morgan fingerprint density at radius 1 is 1.62 bits per heavy atom. The summed E-state index contributed by atoms with van der Waals surface area (Å²) in [6.45, 7) is -1.14. The summed E-state index contributed by atoms with van der Waals surface area (Å²) in [7, 11) is 1.23. The third kappa shape index (κ3) is 4.47. The second-order valence-electron chi connectivity index (χ2n) is 2.87. The van der Waals surface area contributed by atoms with Gasteiger partial charge >= 0.3 is 12.1 Å². The van der Waals surface area contributed by atoms with Crippen LogP contribution in [0.15, 0.2) is 5.38 Å². The van der Waals surface area contributed by atoms with Crippen LogP contribution in [0.1, 0.15) is 5.69 Å². The van der Waals surface area contributed by atoms with Crippen molar-refractivity contribution in [1.29, 1.82) is 0 Å². The third-order valence-electron chi connectivity index (χ3n) is 1.54. The fourth-order valence-corrected chi connectivity index (χ4v) is 1.57. The largest absolute Gasteiger partial charge is 0.469 e. The third-order valence-corrected chi connectivity index (χ3v) is 2.39. The fourth-order valence-electron chi connectivity index (χ4n) is 0.865. The first kappa shape index (κ1) is 12.8. The number of ether oxygens (including phenoxy) is 1. The normalized spacial score (nSPS) is 11.2. The molecule has 0 spiro atoms. The number of carbonyl (C=O) groups excluding carboxylic acids is 1. The number of aromatic nitrogens is 1. The van der Waals surface area contributed by atoms with Gasteiger partial charge in [-0.1, -0.05) is 0 Å². The highest BCUT2D eigenvalue weighted by molar-refractivity contribution is 7.13. The summed E-state index contributed by atoms with van der Waals surface area (Å²) in [4.78, 5) is 14.7. The summed E-state index contributed by atoms with van der Waals surface area (Å²) in [5.41, 5.74) is 0.390. The Hall–Kier alpha value is -1.31. The minimum absolute atomic E-state index is 0.0410. The van der Waals surface area contributed by atoms with Crippen LogP contribution in [0.25, 0.3) is 0 Å². The van der Waals surface area contributed by atoms with Crippen LogP contribution in [-0.2, 0) is 16.0 Å². The summed E-state index contributed by atoms with van der Waals surface area (Å²) in [5.74, 6) is -0.479. The molecule has 0 saturated heterocycles. The van der Waals surface area contributed by atoms with E-state index in [1.165, 1.54) is 12.5 Å². The highest BCUT2D eigenvalue weighted by Gasteiger charge is 2.27. The molecule has 0 aromatic carbocycles. The number of methoxy groups -OCH3 is 1. The van der Waals surface area contributed by atoms with Crippen molar-refractivity contribution in [3.8, 4) is 0 Å². The van der Waals surface area contributed by atoms with Crippen LogP contribution in [0.4, 0.5) is 18.3 Å². The maximum absolute atomic E-state index is 11.9. The molecule has 1 rings (SSSR count). The van der Waals surface area contributed by atoms with Crippen molar-refractivity contribution in [3.05, 3.63) is 11.1 Å². The molecule has 1 heterocycles. The fraction of sp³-hybridized carbons (Fsp3) is 0.500. The average Bonchev–Trinajstić information content (AvgIpc) is 2.61. The molecular formula is C8H9F3N2O2S. The Morgan fingerprint density at radius 3 is 2.88 bits per heavy atom. The Balaban J connectivity index is 2.48. The molecule has 0 radical (unpaired) electrons. The number of rotatable bonds is 4. The number of thiazole rings is 1. The summed E-state index contributed by atoms with van der Waals surface area (Å²) >= 11 is 1.01. The van der Waals surface area contributed by atoms with Gasteiger partial charge < -0.3 is 10.1 Å². The molecule has 0 aliphatic rings. The van der Waals surface area contributed by atoms with Crippen LogP contribution in [0.2, 0.25) is 0 Å². The van der Waals surface area contributed by atoms with E-state index >= 15 is 0 Å². The highest BCUT2D eigenvalue weighted by Crippen LogP contribution is 2.19. The number of nitrogens with zero attached hydrogens (tertiary/aromatic N) is 1. The standard InChI is InChI=1S/C8H9F3N2O2S/c1-15-6(14)2-5-3-16-7(13-5)12-4-8(9,10)11/h3H,2,4H2,1H3,(H,12,13). The lowest BCUT2D eigenvalue weighted by Crippen LogP contribution is -2.21. The lowest BCUT2D eigenvalue weighted by Gasteiger charge is -2.05. The van der Waals surface area contributed by atoms with Crippen molar-refractivity contribution in [2.24, 2.45) is 0 Å². The first-order chi connectivity index (χ1) is 7.40. The smallest absolute Gasteiger partial charge is 0.405 e. The number of halogens is 3.